The fourth-order valence-corrected chi connectivity index (χ4v) is 2.81. The number of fused-ring (bicyclic) bond motifs is 1. The van der Waals surface area contributed by atoms with Gasteiger partial charge in [-0.1, -0.05) is 13.3 Å². The van der Waals surface area contributed by atoms with E-state index in [2.05, 4.69) is 6.92 Å². The lowest BCUT2D eigenvalue weighted by atomic mass is 10.1. The van der Waals surface area contributed by atoms with Gasteiger partial charge >= 0.3 is 5.97 Å². The molecule has 4 nitrogen and oxygen atoms in total. The van der Waals surface area contributed by atoms with Gasteiger partial charge in [-0.15, -0.1) is 11.8 Å². The number of anilines is 1. The first kappa shape index (κ1) is 13.0. The predicted molar refractivity (Wildman–Crippen MR) is 71.4 cm³/mol. The third kappa shape index (κ3) is 2.51. The first-order valence-electron chi connectivity index (χ1n) is 5.94. The molecule has 0 fully saturated rings. The highest BCUT2D eigenvalue weighted by Crippen LogP contribution is 2.36. The zero-order valence-corrected chi connectivity index (χ0v) is 11.0. The molecule has 18 heavy (non-hydrogen) atoms. The van der Waals surface area contributed by atoms with Crippen LogP contribution in [0.2, 0.25) is 0 Å². The lowest BCUT2D eigenvalue weighted by Gasteiger charge is -2.29. The second-order valence-electron chi connectivity index (χ2n) is 4.18. The van der Waals surface area contributed by atoms with Crippen LogP contribution < -0.4 is 4.90 Å². The van der Waals surface area contributed by atoms with E-state index < -0.39 is 5.97 Å². The van der Waals surface area contributed by atoms with E-state index in [1.54, 1.807) is 23.1 Å². The minimum atomic E-state index is -0.962. The van der Waals surface area contributed by atoms with Crippen molar-refractivity contribution in [3.05, 3.63) is 23.8 Å². The van der Waals surface area contributed by atoms with Crippen molar-refractivity contribution in [2.75, 3.05) is 17.2 Å². The topological polar surface area (TPSA) is 57.6 Å². The Hall–Kier alpha value is -1.49. The van der Waals surface area contributed by atoms with Gasteiger partial charge in [-0.05, 0) is 24.6 Å². The molecule has 1 aliphatic rings. The number of unbranched alkanes of at least 4 members (excludes halogenated alkanes) is 1. The molecule has 0 atom stereocenters. The van der Waals surface area contributed by atoms with Crippen LogP contribution in [-0.2, 0) is 4.79 Å². The van der Waals surface area contributed by atoms with Crippen LogP contribution in [0.5, 0.6) is 0 Å². The molecule has 0 unspecified atom stereocenters. The molecule has 1 aromatic rings. The summed E-state index contributed by atoms with van der Waals surface area (Å²) in [6.45, 7) is 2.73. The monoisotopic (exact) mass is 265 g/mol. The minimum Gasteiger partial charge on any atom is -0.478 e. The highest BCUT2D eigenvalue weighted by Gasteiger charge is 2.25. The van der Waals surface area contributed by atoms with Crippen LogP contribution in [-0.4, -0.2) is 29.3 Å². The third-order valence-corrected chi connectivity index (χ3v) is 3.93. The number of hydrogen-bond donors (Lipinski definition) is 1. The zero-order chi connectivity index (χ0) is 13.1. The molecular formula is C13H15NO3S. The van der Waals surface area contributed by atoms with E-state index in [9.17, 15) is 9.59 Å². The first-order chi connectivity index (χ1) is 8.63. The van der Waals surface area contributed by atoms with E-state index in [1.807, 2.05) is 0 Å². The van der Waals surface area contributed by atoms with E-state index in [4.69, 9.17) is 5.11 Å². The summed E-state index contributed by atoms with van der Waals surface area (Å²) in [5.74, 6) is -0.469. The SMILES string of the molecule is CCCCN1C(=O)CSc2ccc(C(=O)O)cc21. The van der Waals surface area contributed by atoms with Gasteiger partial charge in [-0.3, -0.25) is 4.79 Å². The second kappa shape index (κ2) is 5.44. The summed E-state index contributed by atoms with van der Waals surface area (Å²) < 4.78 is 0. The fourth-order valence-electron chi connectivity index (χ4n) is 1.90. The molecule has 0 spiro atoms. The lowest BCUT2D eigenvalue weighted by molar-refractivity contribution is -0.116. The van der Waals surface area contributed by atoms with E-state index >= 15 is 0 Å². The smallest absolute Gasteiger partial charge is 0.335 e. The number of thioether (sulfide) groups is 1. The molecule has 0 aliphatic carbocycles. The highest BCUT2D eigenvalue weighted by molar-refractivity contribution is 8.00. The summed E-state index contributed by atoms with van der Waals surface area (Å²) >= 11 is 1.47. The molecule has 5 heteroatoms. The van der Waals surface area contributed by atoms with Gasteiger partial charge in [0, 0.05) is 11.4 Å². The van der Waals surface area contributed by atoms with Gasteiger partial charge in [0.15, 0.2) is 0 Å². The van der Waals surface area contributed by atoms with Crippen LogP contribution in [0.25, 0.3) is 0 Å². The molecule has 96 valence electrons. The Bertz CT molecular complexity index is 487. The fraction of sp³-hybridized carbons (Fsp3) is 0.385. The van der Waals surface area contributed by atoms with E-state index in [1.165, 1.54) is 11.8 Å². The van der Waals surface area contributed by atoms with E-state index in [-0.39, 0.29) is 11.5 Å². The molecule has 2 rings (SSSR count). The number of hydrogen-bond acceptors (Lipinski definition) is 3. The number of nitrogens with zero attached hydrogens (tertiary/aromatic N) is 1. The zero-order valence-electron chi connectivity index (χ0n) is 10.2. The maximum absolute atomic E-state index is 11.9. The van der Waals surface area contributed by atoms with Gasteiger partial charge < -0.3 is 10.0 Å². The summed E-state index contributed by atoms with van der Waals surface area (Å²) in [5.41, 5.74) is 0.968. The number of benzene rings is 1. The highest BCUT2D eigenvalue weighted by atomic mass is 32.2. The van der Waals surface area contributed by atoms with Gasteiger partial charge in [0.1, 0.15) is 0 Å². The molecule has 0 saturated carbocycles. The van der Waals surface area contributed by atoms with Gasteiger partial charge in [-0.25, -0.2) is 4.79 Å². The summed E-state index contributed by atoms with van der Waals surface area (Å²) in [5, 5.41) is 9.00. The van der Waals surface area contributed by atoms with Crippen molar-refractivity contribution in [1.29, 1.82) is 0 Å². The largest absolute Gasteiger partial charge is 0.478 e. The van der Waals surface area contributed by atoms with E-state index in [0.29, 0.717) is 12.3 Å². The van der Waals surface area contributed by atoms with Crippen molar-refractivity contribution in [2.24, 2.45) is 0 Å². The van der Waals surface area contributed by atoms with Crippen molar-refractivity contribution in [3.8, 4) is 0 Å². The number of carbonyl (C=O) groups is 2. The van der Waals surface area contributed by atoms with Gasteiger partial charge in [-0.2, -0.15) is 0 Å². The Labute approximate surface area is 110 Å². The summed E-state index contributed by atoms with van der Waals surface area (Å²) in [6, 6.07) is 4.97. The average molecular weight is 265 g/mol. The Kier molecular flexibility index (Phi) is 3.91. The van der Waals surface area contributed by atoms with Crippen LogP contribution in [0.3, 0.4) is 0 Å². The summed E-state index contributed by atoms with van der Waals surface area (Å²) in [4.78, 5) is 25.6. The van der Waals surface area contributed by atoms with Crippen LogP contribution in [0.1, 0.15) is 30.1 Å². The standard InChI is InChI=1S/C13H15NO3S/c1-2-3-6-14-10-7-9(13(16)17)4-5-11(10)18-8-12(14)15/h4-5,7H,2-3,6,8H2,1H3,(H,16,17). The Morgan fingerprint density at radius 3 is 2.94 bits per heavy atom. The minimum absolute atomic E-state index is 0.0588. The Morgan fingerprint density at radius 1 is 1.50 bits per heavy atom. The lowest BCUT2D eigenvalue weighted by Crippen LogP contribution is -2.36. The van der Waals surface area contributed by atoms with Crippen LogP contribution >= 0.6 is 11.8 Å². The maximum atomic E-state index is 11.9. The number of carboxylic acid groups (broad SMARTS) is 1. The Morgan fingerprint density at radius 2 is 2.28 bits per heavy atom. The number of carboxylic acids is 1. The maximum Gasteiger partial charge on any atom is 0.335 e. The number of rotatable bonds is 4. The number of amides is 1. The molecule has 0 bridgehead atoms. The summed E-state index contributed by atoms with van der Waals surface area (Å²) in [6.07, 6.45) is 1.93. The summed E-state index contributed by atoms with van der Waals surface area (Å²) in [7, 11) is 0. The molecule has 0 radical (unpaired) electrons. The van der Waals surface area contributed by atoms with Gasteiger partial charge in [0.25, 0.3) is 0 Å². The van der Waals surface area contributed by atoms with Crippen LogP contribution in [0.15, 0.2) is 23.1 Å². The molecule has 0 aromatic heterocycles. The van der Waals surface area contributed by atoms with Crippen molar-refractivity contribution in [1.82, 2.24) is 0 Å². The van der Waals surface area contributed by atoms with Crippen molar-refractivity contribution >= 4 is 29.3 Å². The van der Waals surface area contributed by atoms with Crippen molar-refractivity contribution in [3.63, 3.8) is 0 Å². The molecule has 1 N–H and O–H groups in total. The molecule has 1 heterocycles. The average Bonchev–Trinajstić information content (AvgIpc) is 2.37. The van der Waals surface area contributed by atoms with Crippen molar-refractivity contribution in [2.45, 2.75) is 24.7 Å². The third-order valence-electron chi connectivity index (χ3n) is 2.88. The molecule has 1 amide bonds. The second-order valence-corrected chi connectivity index (χ2v) is 5.19. The molecule has 1 aliphatic heterocycles. The van der Waals surface area contributed by atoms with Crippen LogP contribution in [0, 0.1) is 0 Å². The molecular weight excluding hydrogens is 250 g/mol. The first-order valence-corrected chi connectivity index (χ1v) is 6.92. The van der Waals surface area contributed by atoms with Crippen LogP contribution in [0.4, 0.5) is 5.69 Å². The number of carbonyl (C=O) groups excluding carboxylic acids is 1. The van der Waals surface area contributed by atoms with Gasteiger partial charge in [0.2, 0.25) is 5.91 Å². The van der Waals surface area contributed by atoms with Crippen molar-refractivity contribution < 1.29 is 14.7 Å². The quantitative estimate of drug-likeness (QED) is 0.909. The number of aromatic carboxylic acids is 1. The molecule has 0 saturated heterocycles. The molecule has 1 aromatic carbocycles. The predicted octanol–water partition coefficient (Wildman–Crippen LogP) is 2.62. The van der Waals surface area contributed by atoms with E-state index in [0.717, 1.165) is 23.4 Å². The van der Waals surface area contributed by atoms with Gasteiger partial charge in [0.05, 0.1) is 17.0 Å². The Balaban J connectivity index is 2.36. The normalized spacial score (nSPS) is 14.5.